The summed E-state index contributed by atoms with van der Waals surface area (Å²) in [4.78, 5) is 12.1. The Balaban J connectivity index is 2.45. The first-order chi connectivity index (χ1) is 8.54. The van der Waals surface area contributed by atoms with Gasteiger partial charge in [-0.3, -0.25) is 0 Å². The molecule has 0 saturated heterocycles. The second kappa shape index (κ2) is 5.40. The van der Waals surface area contributed by atoms with Crippen molar-refractivity contribution < 1.29 is 0 Å². The third-order valence-corrected chi connectivity index (χ3v) is 2.77. The highest BCUT2D eigenvalue weighted by atomic mass is 32.1. The lowest BCUT2D eigenvalue weighted by Gasteiger charge is -2.08. The molecule has 94 valence electrons. The van der Waals surface area contributed by atoms with Crippen molar-refractivity contribution in [3.8, 4) is 11.5 Å². The van der Waals surface area contributed by atoms with Crippen LogP contribution in [-0.2, 0) is 6.42 Å². The van der Waals surface area contributed by atoms with Gasteiger partial charge in [0.2, 0.25) is 0 Å². The van der Waals surface area contributed by atoms with E-state index < -0.39 is 0 Å². The first kappa shape index (κ1) is 12.9. The zero-order valence-electron chi connectivity index (χ0n) is 10.9. The number of pyridine rings is 1. The zero-order chi connectivity index (χ0) is 13.1. The molecule has 2 aromatic heterocycles. The average Bonchev–Trinajstić information content (AvgIpc) is 2.27. The van der Waals surface area contributed by atoms with Crippen LogP contribution in [0.5, 0.6) is 0 Å². The second-order valence-corrected chi connectivity index (χ2v) is 5.27. The monoisotopic (exact) mass is 259 g/mol. The average molecular weight is 259 g/mol. The van der Waals surface area contributed by atoms with Crippen LogP contribution in [-0.4, -0.2) is 15.0 Å². The van der Waals surface area contributed by atoms with Gasteiger partial charge in [0.15, 0.2) is 5.82 Å². The molecule has 0 aliphatic heterocycles. The Bertz CT molecular complexity index is 602. The van der Waals surface area contributed by atoms with E-state index in [1.807, 2.05) is 31.2 Å². The maximum atomic E-state index is 5.21. The fourth-order valence-corrected chi connectivity index (χ4v) is 2.09. The first-order valence-corrected chi connectivity index (χ1v) is 6.49. The molecule has 0 aliphatic rings. The molecule has 0 aromatic carbocycles. The lowest BCUT2D eigenvalue weighted by molar-refractivity contribution is 0.634. The third kappa shape index (κ3) is 3.23. The van der Waals surface area contributed by atoms with Gasteiger partial charge >= 0.3 is 0 Å². The minimum atomic E-state index is 0.580. The number of rotatable bonds is 3. The van der Waals surface area contributed by atoms with E-state index >= 15 is 0 Å². The van der Waals surface area contributed by atoms with Crippen molar-refractivity contribution in [1.82, 2.24) is 15.0 Å². The predicted octanol–water partition coefficient (Wildman–Crippen LogP) is 3.71. The summed E-state index contributed by atoms with van der Waals surface area (Å²) in [5, 5.41) is 0. The molecule has 0 fully saturated rings. The number of aromatic amines is 1. The van der Waals surface area contributed by atoms with E-state index in [9.17, 15) is 0 Å². The van der Waals surface area contributed by atoms with Crippen LogP contribution in [0.25, 0.3) is 11.5 Å². The number of aryl methyl sites for hydroxylation is 1. The molecule has 0 atom stereocenters. The van der Waals surface area contributed by atoms with Gasteiger partial charge in [-0.15, -0.1) is 0 Å². The highest BCUT2D eigenvalue weighted by molar-refractivity contribution is 7.71. The molecule has 0 saturated carbocycles. The summed E-state index contributed by atoms with van der Waals surface area (Å²) in [5.41, 5.74) is 2.93. The van der Waals surface area contributed by atoms with E-state index in [1.165, 1.54) is 0 Å². The van der Waals surface area contributed by atoms with Crippen molar-refractivity contribution in [3.05, 3.63) is 40.3 Å². The molecule has 2 aromatic rings. The molecular weight excluding hydrogens is 242 g/mol. The van der Waals surface area contributed by atoms with Crippen molar-refractivity contribution >= 4 is 12.2 Å². The largest absolute Gasteiger partial charge is 0.342 e. The Hall–Kier alpha value is -1.55. The van der Waals surface area contributed by atoms with Gasteiger partial charge in [-0.1, -0.05) is 32.1 Å². The van der Waals surface area contributed by atoms with Crippen LogP contribution >= 0.6 is 12.2 Å². The zero-order valence-corrected chi connectivity index (χ0v) is 11.7. The molecule has 3 nitrogen and oxygen atoms in total. The highest BCUT2D eigenvalue weighted by Crippen LogP contribution is 2.14. The van der Waals surface area contributed by atoms with Crippen LogP contribution in [0.3, 0.4) is 0 Å². The van der Waals surface area contributed by atoms with Crippen molar-refractivity contribution in [2.24, 2.45) is 5.92 Å². The molecule has 0 bridgehead atoms. The van der Waals surface area contributed by atoms with Crippen molar-refractivity contribution in [2.75, 3.05) is 0 Å². The summed E-state index contributed by atoms with van der Waals surface area (Å²) < 4.78 is 0.614. The lowest BCUT2D eigenvalue weighted by atomic mass is 10.1. The summed E-state index contributed by atoms with van der Waals surface area (Å²) >= 11 is 5.21. The van der Waals surface area contributed by atoms with Crippen molar-refractivity contribution in [2.45, 2.75) is 27.2 Å². The normalized spacial score (nSPS) is 10.9. The minimum absolute atomic E-state index is 0.580. The molecule has 2 heterocycles. The summed E-state index contributed by atoms with van der Waals surface area (Å²) in [5.74, 6) is 1.33. The van der Waals surface area contributed by atoms with Gasteiger partial charge < -0.3 is 4.98 Å². The molecule has 1 N–H and O–H groups in total. The van der Waals surface area contributed by atoms with Crippen LogP contribution in [0.2, 0.25) is 0 Å². The first-order valence-electron chi connectivity index (χ1n) is 6.09. The smallest absolute Gasteiger partial charge is 0.157 e. The summed E-state index contributed by atoms with van der Waals surface area (Å²) in [6, 6.07) is 7.82. The quantitative estimate of drug-likeness (QED) is 0.854. The Morgan fingerprint density at radius 2 is 2.06 bits per heavy atom. The van der Waals surface area contributed by atoms with Crippen LogP contribution in [0.1, 0.15) is 25.2 Å². The minimum Gasteiger partial charge on any atom is -0.342 e. The van der Waals surface area contributed by atoms with Gasteiger partial charge in [-0.25, -0.2) is 9.97 Å². The Morgan fingerprint density at radius 3 is 2.72 bits per heavy atom. The standard InChI is InChI=1S/C14H17N3S/c1-9(2)7-11-8-13(18)17-14(16-11)12-6-4-5-10(3)15-12/h4-6,8-9H,7H2,1-3H3,(H,16,17,18). The Morgan fingerprint density at radius 1 is 1.28 bits per heavy atom. The lowest BCUT2D eigenvalue weighted by Crippen LogP contribution is -2.01. The number of nitrogens with zero attached hydrogens (tertiary/aromatic N) is 2. The van der Waals surface area contributed by atoms with Crippen LogP contribution in [0, 0.1) is 17.5 Å². The van der Waals surface area contributed by atoms with Gasteiger partial charge in [0.25, 0.3) is 0 Å². The topological polar surface area (TPSA) is 41.6 Å². The van der Waals surface area contributed by atoms with E-state index in [4.69, 9.17) is 12.2 Å². The van der Waals surface area contributed by atoms with Gasteiger partial charge in [-0.05, 0) is 37.5 Å². The summed E-state index contributed by atoms with van der Waals surface area (Å²) in [6.07, 6.45) is 0.963. The van der Waals surface area contributed by atoms with Gasteiger partial charge in [0.05, 0.1) is 0 Å². The molecule has 2 rings (SSSR count). The predicted molar refractivity (Wildman–Crippen MR) is 75.9 cm³/mol. The van der Waals surface area contributed by atoms with E-state index in [0.29, 0.717) is 10.6 Å². The molecule has 0 unspecified atom stereocenters. The van der Waals surface area contributed by atoms with Gasteiger partial charge in [0.1, 0.15) is 10.3 Å². The Kier molecular flexibility index (Phi) is 3.87. The molecule has 0 aliphatic carbocycles. The van der Waals surface area contributed by atoms with E-state index in [-0.39, 0.29) is 0 Å². The fraction of sp³-hybridized carbons (Fsp3) is 0.357. The van der Waals surface area contributed by atoms with Crippen LogP contribution in [0.4, 0.5) is 0 Å². The van der Waals surface area contributed by atoms with Gasteiger partial charge in [-0.2, -0.15) is 0 Å². The summed E-state index contributed by atoms with van der Waals surface area (Å²) in [6.45, 7) is 6.33. The maximum Gasteiger partial charge on any atom is 0.157 e. The van der Waals surface area contributed by atoms with Crippen molar-refractivity contribution in [3.63, 3.8) is 0 Å². The summed E-state index contributed by atoms with van der Waals surface area (Å²) in [7, 11) is 0. The van der Waals surface area contributed by atoms with E-state index in [1.54, 1.807) is 0 Å². The number of nitrogens with one attached hydrogen (secondary N) is 1. The number of H-pyrrole nitrogens is 1. The molecule has 0 spiro atoms. The van der Waals surface area contributed by atoms with Crippen LogP contribution in [0.15, 0.2) is 24.3 Å². The van der Waals surface area contributed by atoms with E-state index in [2.05, 4.69) is 28.8 Å². The fourth-order valence-electron chi connectivity index (χ4n) is 1.85. The van der Waals surface area contributed by atoms with E-state index in [0.717, 1.165) is 29.3 Å². The molecule has 18 heavy (non-hydrogen) atoms. The molecule has 0 radical (unpaired) electrons. The number of hydrogen-bond acceptors (Lipinski definition) is 3. The van der Waals surface area contributed by atoms with Gasteiger partial charge in [0, 0.05) is 11.4 Å². The Labute approximate surface area is 112 Å². The highest BCUT2D eigenvalue weighted by Gasteiger charge is 2.05. The SMILES string of the molecule is Cc1cccc(-c2nc(=S)cc(CC(C)C)[nH]2)n1. The molecule has 0 amide bonds. The number of hydrogen-bond donors (Lipinski definition) is 1. The molecule has 4 heteroatoms. The molecular formula is C14H17N3S. The maximum absolute atomic E-state index is 5.21. The second-order valence-electron chi connectivity index (χ2n) is 4.86. The number of aromatic nitrogens is 3. The van der Waals surface area contributed by atoms with Crippen LogP contribution < -0.4 is 0 Å². The van der Waals surface area contributed by atoms with Crippen molar-refractivity contribution in [1.29, 1.82) is 0 Å². The third-order valence-electron chi connectivity index (χ3n) is 2.56.